The average Bonchev–Trinajstić information content (AvgIpc) is 3.18. The Morgan fingerprint density at radius 1 is 0.824 bits per heavy atom. The van der Waals surface area contributed by atoms with Crippen LogP contribution < -0.4 is 5.73 Å². The average molecular weight is 466 g/mol. The van der Waals surface area contributed by atoms with Crippen LogP contribution in [0, 0.1) is 56.7 Å². The maximum Gasteiger partial charge on any atom is 0.00933 e. The monoisotopic (exact) mass is 465 g/mol. The van der Waals surface area contributed by atoms with Crippen molar-refractivity contribution in [2.45, 2.75) is 125 Å². The van der Waals surface area contributed by atoms with Gasteiger partial charge in [-0.05, 0) is 141 Å². The Morgan fingerprint density at radius 2 is 1.53 bits per heavy atom. The molecule has 5 saturated carbocycles. The molecule has 1 nitrogen and oxygen atoms in total. The molecule has 5 fully saturated rings. The van der Waals surface area contributed by atoms with Gasteiger partial charge in [0.2, 0.25) is 0 Å². The van der Waals surface area contributed by atoms with Gasteiger partial charge in [0.25, 0.3) is 0 Å². The minimum Gasteiger partial charge on any atom is -0.327 e. The molecule has 5 rings (SSSR count). The lowest BCUT2D eigenvalue weighted by molar-refractivity contribution is -0.242. The zero-order valence-corrected chi connectivity index (χ0v) is 23.7. The van der Waals surface area contributed by atoms with E-state index in [0.717, 1.165) is 23.7 Å². The Kier molecular flexibility index (Phi) is 5.70. The van der Waals surface area contributed by atoms with Gasteiger partial charge in [0.1, 0.15) is 0 Å². The highest BCUT2D eigenvalue weighted by Crippen LogP contribution is 2.78. The summed E-state index contributed by atoms with van der Waals surface area (Å²) in [6, 6.07) is 0.368. The molecule has 0 heterocycles. The van der Waals surface area contributed by atoms with Crippen molar-refractivity contribution in [2.24, 2.45) is 62.4 Å². The summed E-state index contributed by atoms with van der Waals surface area (Å²) in [5, 5.41) is 0. The molecular weight excluding hydrogens is 410 g/mol. The number of fused-ring (bicyclic) bond motifs is 7. The first kappa shape index (κ1) is 25.1. The second kappa shape index (κ2) is 7.72. The van der Waals surface area contributed by atoms with E-state index < -0.39 is 0 Å². The molecule has 0 aromatic heterocycles. The molecule has 0 aromatic rings. The van der Waals surface area contributed by atoms with Gasteiger partial charge in [-0.2, -0.15) is 0 Å². The van der Waals surface area contributed by atoms with Crippen LogP contribution in [0.3, 0.4) is 0 Å². The number of rotatable bonds is 3. The van der Waals surface area contributed by atoms with E-state index in [1.807, 2.05) is 0 Å². The van der Waals surface area contributed by atoms with Crippen LogP contribution >= 0.6 is 0 Å². The van der Waals surface area contributed by atoms with Gasteiger partial charge in [0.05, 0.1) is 0 Å². The van der Waals surface area contributed by atoms with Gasteiger partial charge in [-0.25, -0.2) is 0 Å². The van der Waals surface area contributed by atoms with E-state index in [2.05, 4.69) is 61.6 Å². The Balaban J connectivity index is 1.60. The predicted octanol–water partition coefficient (Wildman–Crippen LogP) is 8.94. The van der Waals surface area contributed by atoms with Crippen molar-refractivity contribution in [3.63, 3.8) is 0 Å². The lowest BCUT2D eigenvalue weighted by atomic mass is 9.31. The molecule has 0 spiro atoms. The summed E-state index contributed by atoms with van der Waals surface area (Å²) in [4.78, 5) is 0. The largest absolute Gasteiger partial charge is 0.327 e. The van der Waals surface area contributed by atoms with Crippen LogP contribution in [0.15, 0.2) is 24.3 Å². The van der Waals surface area contributed by atoms with Crippen molar-refractivity contribution < 1.29 is 0 Å². The van der Waals surface area contributed by atoms with Gasteiger partial charge in [-0.15, -0.1) is 0 Å². The second-order valence-corrected chi connectivity index (χ2v) is 15.2. The smallest absolute Gasteiger partial charge is 0.00933 e. The summed E-state index contributed by atoms with van der Waals surface area (Å²) in [6.45, 7) is 26.9. The van der Waals surface area contributed by atoms with Crippen LogP contribution in [0.5, 0.6) is 0 Å². The molecule has 2 N–H and O–H groups in total. The second-order valence-electron chi connectivity index (χ2n) is 15.2. The van der Waals surface area contributed by atoms with E-state index in [9.17, 15) is 0 Å². The van der Waals surface area contributed by atoms with E-state index >= 15 is 0 Å². The molecule has 192 valence electrons. The molecule has 0 aliphatic heterocycles. The van der Waals surface area contributed by atoms with Crippen molar-refractivity contribution in [3.05, 3.63) is 24.3 Å². The normalized spacial score (nSPS) is 53.8. The molecule has 9 unspecified atom stereocenters. The van der Waals surface area contributed by atoms with Gasteiger partial charge in [0, 0.05) is 6.04 Å². The highest BCUT2D eigenvalue weighted by Gasteiger charge is 2.71. The maximum atomic E-state index is 6.77. The Bertz CT molecular complexity index is 868. The van der Waals surface area contributed by atoms with Crippen molar-refractivity contribution in [3.8, 4) is 0 Å². The molecule has 0 radical (unpaired) electrons. The Hall–Kier alpha value is -0.560. The number of hydrogen-bond donors (Lipinski definition) is 1. The summed E-state index contributed by atoms with van der Waals surface area (Å²) in [5.41, 5.74) is 11.7. The number of allylic oxidation sites excluding steroid dienone is 2. The first-order chi connectivity index (χ1) is 15.8. The van der Waals surface area contributed by atoms with Gasteiger partial charge < -0.3 is 5.73 Å². The van der Waals surface area contributed by atoms with Gasteiger partial charge in [-0.3, -0.25) is 0 Å². The fourth-order valence-corrected chi connectivity index (χ4v) is 12.5. The van der Waals surface area contributed by atoms with E-state index in [-0.39, 0.29) is 5.41 Å². The molecule has 5 aliphatic rings. The number of hydrogen-bond acceptors (Lipinski definition) is 1. The Labute approximate surface area is 211 Å². The Morgan fingerprint density at radius 3 is 2.15 bits per heavy atom. The number of nitrogens with two attached hydrogens (primary N) is 1. The summed E-state index contributed by atoms with van der Waals surface area (Å²) in [5.74, 6) is 3.94. The fraction of sp³-hybridized carbons (Fsp3) is 0.879. The highest BCUT2D eigenvalue weighted by atomic mass is 14.8. The minimum atomic E-state index is 0.267. The quantitative estimate of drug-likeness (QED) is 0.414. The summed E-state index contributed by atoms with van der Waals surface area (Å²) in [6.07, 6.45) is 15.1. The first-order valence-electron chi connectivity index (χ1n) is 14.9. The van der Waals surface area contributed by atoms with Gasteiger partial charge in [0.15, 0.2) is 0 Å². The van der Waals surface area contributed by atoms with Crippen molar-refractivity contribution >= 4 is 0 Å². The van der Waals surface area contributed by atoms with E-state index in [1.165, 1.54) is 81.8 Å². The van der Waals surface area contributed by atoms with Crippen LogP contribution in [0.4, 0.5) is 0 Å². The highest BCUT2D eigenvalue weighted by molar-refractivity contribution is 5.27. The molecule has 0 aromatic carbocycles. The standard InChI is InChI=1S/C33H55N/c1-10-33-20-19-32(22(4)5)18-13-23(21(2)3)28(32)24(33)11-12-26-30(8)16-15-27(34)29(6,7)25(30)14-17-31(26,33)9/h23-28H,2,4,10-20,34H2,1,3,5-9H3/t23?,24?,25?,26?,27?,28?,30-,31?,32?,33?/m0/s1. The zero-order valence-electron chi connectivity index (χ0n) is 23.7. The molecule has 0 amide bonds. The van der Waals surface area contributed by atoms with Crippen molar-refractivity contribution in [1.82, 2.24) is 0 Å². The molecule has 0 bridgehead atoms. The lowest BCUT2D eigenvalue weighted by Crippen LogP contribution is -2.67. The molecule has 5 aliphatic carbocycles. The third-order valence-electron chi connectivity index (χ3n) is 14.3. The maximum absolute atomic E-state index is 6.77. The van der Waals surface area contributed by atoms with Crippen LogP contribution in [0.1, 0.15) is 119 Å². The van der Waals surface area contributed by atoms with E-state index in [0.29, 0.717) is 33.6 Å². The van der Waals surface area contributed by atoms with Crippen molar-refractivity contribution in [2.75, 3.05) is 0 Å². The van der Waals surface area contributed by atoms with Crippen LogP contribution in [0.2, 0.25) is 0 Å². The van der Waals surface area contributed by atoms with Gasteiger partial charge >= 0.3 is 0 Å². The van der Waals surface area contributed by atoms with Crippen LogP contribution in [-0.4, -0.2) is 6.04 Å². The summed E-state index contributed by atoms with van der Waals surface area (Å²) in [7, 11) is 0. The van der Waals surface area contributed by atoms with Crippen LogP contribution in [-0.2, 0) is 0 Å². The van der Waals surface area contributed by atoms with Gasteiger partial charge in [-0.1, -0.05) is 58.9 Å². The molecule has 0 saturated heterocycles. The topological polar surface area (TPSA) is 26.0 Å². The molecule has 34 heavy (non-hydrogen) atoms. The third-order valence-corrected chi connectivity index (χ3v) is 14.3. The molecule has 10 atom stereocenters. The van der Waals surface area contributed by atoms with E-state index in [1.54, 1.807) is 0 Å². The molecule has 1 heteroatoms. The first-order valence-corrected chi connectivity index (χ1v) is 14.9. The predicted molar refractivity (Wildman–Crippen MR) is 146 cm³/mol. The SMILES string of the molecule is C=C(C)C1CCC2(C(=C)C)CCC3(CC)C(CCC4C3(C)CCC3C(C)(C)C(N)CC[C@@]34C)C12. The molecular formula is C33H55N. The lowest BCUT2D eigenvalue weighted by Gasteiger charge is -2.74. The minimum absolute atomic E-state index is 0.267. The summed E-state index contributed by atoms with van der Waals surface area (Å²) < 4.78 is 0. The zero-order chi connectivity index (χ0) is 24.9. The van der Waals surface area contributed by atoms with Crippen molar-refractivity contribution in [1.29, 1.82) is 0 Å². The van der Waals surface area contributed by atoms with E-state index in [4.69, 9.17) is 5.73 Å². The third kappa shape index (κ3) is 2.83. The fourth-order valence-electron chi connectivity index (χ4n) is 12.5. The summed E-state index contributed by atoms with van der Waals surface area (Å²) >= 11 is 0. The van der Waals surface area contributed by atoms with Crippen LogP contribution in [0.25, 0.3) is 0 Å².